The number of carbonyl (C=O) groups excluding carboxylic acids is 1. The van der Waals surface area contributed by atoms with E-state index in [9.17, 15) is 9.59 Å². The zero-order chi connectivity index (χ0) is 26.0. The Hall–Kier alpha value is -3.36. The van der Waals surface area contributed by atoms with Crippen LogP contribution in [0.15, 0.2) is 56.1 Å². The average molecular weight is 508 g/mol. The van der Waals surface area contributed by atoms with Crippen LogP contribution < -0.4 is 15.7 Å². The van der Waals surface area contributed by atoms with E-state index in [0.29, 0.717) is 45.9 Å². The molecule has 0 aliphatic rings. The maximum atomic E-state index is 12.7. The summed E-state index contributed by atoms with van der Waals surface area (Å²) in [5.41, 5.74) is 2.30. The number of para-hydroxylation sites is 1. The lowest BCUT2D eigenvalue weighted by Gasteiger charge is -2.16. The highest BCUT2D eigenvalue weighted by Gasteiger charge is 2.24. The second-order valence-corrected chi connectivity index (χ2v) is 16.2. The maximum absolute atomic E-state index is 12.7. The lowest BCUT2D eigenvalue weighted by atomic mass is 10.0. The molecule has 2 heterocycles. The highest BCUT2D eigenvalue weighted by molar-refractivity contribution is 6.76. The number of hydrogen-bond acceptors (Lipinski definition) is 6. The summed E-state index contributed by atoms with van der Waals surface area (Å²) < 4.78 is 23.6. The van der Waals surface area contributed by atoms with Gasteiger partial charge in [-0.15, -0.1) is 0 Å². The Morgan fingerprint density at radius 3 is 2.53 bits per heavy atom. The SMILES string of the molecule is Cc1cc(OCOCC[Si](C)(C)C)c2c(-c3oc4ccccc4c3NC(=O)C(C)C)cc(=O)oc2c1. The van der Waals surface area contributed by atoms with Crippen molar-refractivity contribution in [2.24, 2.45) is 5.92 Å². The predicted octanol–water partition coefficient (Wildman–Crippen LogP) is 6.80. The molecule has 0 atom stereocenters. The molecule has 0 aliphatic carbocycles. The number of carbonyl (C=O) groups is 1. The number of fused-ring (bicyclic) bond motifs is 2. The number of hydrogen-bond donors (Lipinski definition) is 1. The summed E-state index contributed by atoms with van der Waals surface area (Å²) in [6.07, 6.45) is 0. The van der Waals surface area contributed by atoms with Gasteiger partial charge in [-0.25, -0.2) is 4.79 Å². The van der Waals surface area contributed by atoms with Crippen LogP contribution >= 0.6 is 0 Å². The Morgan fingerprint density at radius 2 is 1.81 bits per heavy atom. The van der Waals surface area contributed by atoms with Gasteiger partial charge in [0.05, 0.1) is 11.1 Å². The van der Waals surface area contributed by atoms with E-state index in [1.807, 2.05) is 51.1 Å². The summed E-state index contributed by atoms with van der Waals surface area (Å²) in [4.78, 5) is 25.3. The topological polar surface area (TPSA) is 90.9 Å². The van der Waals surface area contributed by atoms with E-state index >= 15 is 0 Å². The maximum Gasteiger partial charge on any atom is 0.336 e. The molecule has 0 spiro atoms. The van der Waals surface area contributed by atoms with Gasteiger partial charge >= 0.3 is 5.63 Å². The predicted molar refractivity (Wildman–Crippen MR) is 145 cm³/mol. The van der Waals surface area contributed by atoms with Crippen molar-refractivity contribution in [3.05, 3.63) is 58.4 Å². The number of amides is 1. The van der Waals surface area contributed by atoms with Crippen LogP contribution in [-0.2, 0) is 9.53 Å². The summed E-state index contributed by atoms with van der Waals surface area (Å²) >= 11 is 0. The molecule has 0 saturated heterocycles. The van der Waals surface area contributed by atoms with Crippen molar-refractivity contribution in [2.75, 3.05) is 18.7 Å². The normalized spacial score (nSPS) is 12.0. The lowest BCUT2D eigenvalue weighted by Crippen LogP contribution is -2.22. The van der Waals surface area contributed by atoms with Crippen LogP contribution in [0.1, 0.15) is 19.4 Å². The third-order valence-electron chi connectivity index (χ3n) is 5.86. The van der Waals surface area contributed by atoms with Crippen LogP contribution in [0.5, 0.6) is 5.75 Å². The second-order valence-electron chi connectivity index (χ2n) is 10.5. The van der Waals surface area contributed by atoms with E-state index in [1.165, 1.54) is 6.07 Å². The first-order valence-corrected chi connectivity index (χ1v) is 15.9. The van der Waals surface area contributed by atoms with Crippen LogP contribution in [-0.4, -0.2) is 27.4 Å². The summed E-state index contributed by atoms with van der Waals surface area (Å²) in [6, 6.07) is 13.5. The fourth-order valence-corrected chi connectivity index (χ4v) is 4.61. The molecule has 2 aromatic heterocycles. The summed E-state index contributed by atoms with van der Waals surface area (Å²) in [5, 5.41) is 4.31. The van der Waals surface area contributed by atoms with E-state index in [1.54, 1.807) is 6.07 Å². The third-order valence-corrected chi connectivity index (χ3v) is 7.56. The van der Waals surface area contributed by atoms with Gasteiger partial charge in [-0.3, -0.25) is 4.79 Å². The molecule has 0 unspecified atom stereocenters. The number of aryl methyl sites for hydroxylation is 1. The van der Waals surface area contributed by atoms with Crippen LogP contribution in [0, 0.1) is 12.8 Å². The molecule has 7 nitrogen and oxygen atoms in total. The Morgan fingerprint density at radius 1 is 1.06 bits per heavy atom. The van der Waals surface area contributed by atoms with Gasteiger partial charge < -0.3 is 23.6 Å². The summed E-state index contributed by atoms with van der Waals surface area (Å²) in [7, 11) is -1.22. The van der Waals surface area contributed by atoms with E-state index < -0.39 is 13.7 Å². The first-order chi connectivity index (χ1) is 17.0. The molecule has 2 aromatic carbocycles. The van der Waals surface area contributed by atoms with Gasteiger partial charge in [-0.1, -0.05) is 45.6 Å². The Bertz CT molecular complexity index is 1460. The molecule has 8 heteroatoms. The fourth-order valence-electron chi connectivity index (χ4n) is 3.86. The molecule has 0 aliphatic heterocycles. The minimum Gasteiger partial charge on any atom is -0.467 e. The Labute approximate surface area is 211 Å². The van der Waals surface area contributed by atoms with E-state index in [4.69, 9.17) is 18.3 Å². The smallest absolute Gasteiger partial charge is 0.336 e. The summed E-state index contributed by atoms with van der Waals surface area (Å²) in [6.45, 7) is 13.1. The fraction of sp³-hybridized carbons (Fsp3) is 0.357. The van der Waals surface area contributed by atoms with Crippen LogP contribution in [0.3, 0.4) is 0 Å². The Kier molecular flexibility index (Phi) is 7.37. The zero-order valence-corrected chi connectivity index (χ0v) is 22.7. The molecule has 0 fully saturated rings. The van der Waals surface area contributed by atoms with E-state index in [2.05, 4.69) is 25.0 Å². The van der Waals surface area contributed by atoms with Crippen LogP contribution in [0.4, 0.5) is 5.69 Å². The molecule has 4 rings (SSSR count). The number of anilines is 1. The first kappa shape index (κ1) is 25.7. The van der Waals surface area contributed by atoms with Crippen molar-refractivity contribution < 1.29 is 23.1 Å². The number of furan rings is 1. The van der Waals surface area contributed by atoms with Gasteiger partial charge in [0, 0.05) is 37.6 Å². The lowest BCUT2D eigenvalue weighted by molar-refractivity contribution is -0.118. The monoisotopic (exact) mass is 507 g/mol. The molecule has 1 amide bonds. The zero-order valence-electron chi connectivity index (χ0n) is 21.7. The van der Waals surface area contributed by atoms with Crippen molar-refractivity contribution in [1.29, 1.82) is 0 Å². The number of nitrogens with one attached hydrogen (secondary N) is 1. The molecule has 1 N–H and O–H groups in total. The molecule has 0 radical (unpaired) electrons. The van der Waals surface area contributed by atoms with Crippen LogP contribution in [0.2, 0.25) is 25.7 Å². The van der Waals surface area contributed by atoms with E-state index in [-0.39, 0.29) is 18.6 Å². The van der Waals surface area contributed by atoms with Crippen molar-refractivity contribution in [2.45, 2.75) is 46.5 Å². The number of ether oxygens (including phenoxy) is 2. The van der Waals surface area contributed by atoms with Crippen molar-refractivity contribution in [3.8, 4) is 17.1 Å². The highest BCUT2D eigenvalue weighted by Crippen LogP contribution is 2.43. The quantitative estimate of drug-likeness (QED) is 0.116. The largest absolute Gasteiger partial charge is 0.467 e. The molecular formula is C28H33NO6Si. The van der Waals surface area contributed by atoms with Gasteiger partial charge in [-0.05, 0) is 42.8 Å². The van der Waals surface area contributed by atoms with Crippen molar-refractivity contribution in [1.82, 2.24) is 0 Å². The van der Waals surface area contributed by atoms with Crippen molar-refractivity contribution >= 4 is 41.6 Å². The molecule has 0 saturated carbocycles. The number of benzene rings is 2. The Balaban J connectivity index is 1.83. The van der Waals surface area contributed by atoms with Gasteiger partial charge in [0.15, 0.2) is 12.6 Å². The minimum absolute atomic E-state index is 0.0681. The molecular weight excluding hydrogens is 474 g/mol. The standard InChI is InChI=1S/C28H33NO6Si/c1-17(2)28(31)29-26-19-9-7-8-10-21(19)35-27(26)20-15-24(30)34-23-14-18(3)13-22(25(20)23)33-16-32-11-12-36(4,5)6/h7-10,13-15,17H,11-12,16H2,1-6H3,(H,29,31). The van der Waals surface area contributed by atoms with Crippen molar-refractivity contribution in [3.63, 3.8) is 0 Å². The third kappa shape index (κ3) is 5.71. The minimum atomic E-state index is -1.22. The van der Waals surface area contributed by atoms with Gasteiger partial charge in [0.25, 0.3) is 0 Å². The second kappa shape index (κ2) is 10.3. The first-order valence-electron chi connectivity index (χ1n) is 12.2. The molecule has 190 valence electrons. The van der Waals surface area contributed by atoms with Crippen LogP contribution in [0.25, 0.3) is 33.3 Å². The summed E-state index contributed by atoms with van der Waals surface area (Å²) in [5.74, 6) is 0.493. The van der Waals surface area contributed by atoms with Gasteiger partial charge in [-0.2, -0.15) is 0 Å². The molecule has 0 bridgehead atoms. The van der Waals surface area contributed by atoms with Gasteiger partial charge in [0.2, 0.25) is 5.91 Å². The molecule has 4 aromatic rings. The number of rotatable bonds is 9. The van der Waals surface area contributed by atoms with E-state index in [0.717, 1.165) is 17.0 Å². The average Bonchev–Trinajstić information content (AvgIpc) is 3.15. The van der Waals surface area contributed by atoms with Gasteiger partial charge in [0.1, 0.15) is 16.9 Å². The molecule has 36 heavy (non-hydrogen) atoms. The highest BCUT2D eigenvalue weighted by atomic mass is 28.3.